The van der Waals surface area contributed by atoms with Gasteiger partial charge in [-0.15, -0.1) is 11.8 Å². The van der Waals surface area contributed by atoms with Gasteiger partial charge in [0.15, 0.2) is 0 Å². The molecule has 0 radical (unpaired) electrons. The highest BCUT2D eigenvalue weighted by Crippen LogP contribution is 2.29. The molecule has 1 saturated heterocycles. The molecule has 4 heteroatoms. The number of rotatable bonds is 3. The molecule has 2 rings (SSSR count). The summed E-state index contributed by atoms with van der Waals surface area (Å²) in [5, 5.41) is 8.32. The van der Waals surface area contributed by atoms with Gasteiger partial charge in [0.2, 0.25) is 0 Å². The van der Waals surface area contributed by atoms with Crippen LogP contribution in [-0.2, 0) is 6.54 Å². The van der Waals surface area contributed by atoms with Gasteiger partial charge in [0, 0.05) is 12.7 Å². The van der Waals surface area contributed by atoms with Gasteiger partial charge in [-0.1, -0.05) is 6.92 Å². The van der Waals surface area contributed by atoms with Crippen molar-refractivity contribution >= 4 is 11.8 Å². The summed E-state index contributed by atoms with van der Waals surface area (Å²) in [5.41, 5.74) is 1.33. The first-order valence-corrected chi connectivity index (χ1v) is 6.33. The van der Waals surface area contributed by atoms with E-state index in [0.29, 0.717) is 5.37 Å². The summed E-state index contributed by atoms with van der Waals surface area (Å²) in [6, 6.07) is 2.13. The first kappa shape index (κ1) is 10.1. The molecule has 1 fully saturated rings. The van der Waals surface area contributed by atoms with Crippen molar-refractivity contribution in [2.24, 2.45) is 0 Å². The van der Waals surface area contributed by atoms with Crippen LogP contribution in [0.3, 0.4) is 0 Å². The van der Waals surface area contributed by atoms with Crippen LogP contribution >= 0.6 is 11.8 Å². The fourth-order valence-corrected chi connectivity index (χ4v) is 2.87. The zero-order valence-electron chi connectivity index (χ0n) is 8.57. The smallest absolute Gasteiger partial charge is 0.0958 e. The fourth-order valence-electron chi connectivity index (χ4n) is 1.72. The molecule has 1 aliphatic heterocycles. The first-order valence-electron chi connectivity index (χ1n) is 5.28. The Kier molecular flexibility index (Phi) is 3.48. The van der Waals surface area contributed by atoms with Gasteiger partial charge in [0.05, 0.1) is 11.1 Å². The lowest BCUT2D eigenvalue weighted by atomic mass is 10.3. The molecule has 0 saturated carbocycles. The van der Waals surface area contributed by atoms with Crippen molar-refractivity contribution in [3.05, 3.63) is 18.0 Å². The highest BCUT2D eigenvalue weighted by molar-refractivity contribution is 7.99. The van der Waals surface area contributed by atoms with E-state index in [2.05, 4.69) is 28.1 Å². The van der Waals surface area contributed by atoms with E-state index in [1.807, 2.05) is 18.0 Å². The van der Waals surface area contributed by atoms with Crippen LogP contribution in [0.5, 0.6) is 0 Å². The normalized spacial score (nSPS) is 22.5. The Labute approximate surface area is 89.3 Å². The second-order valence-electron chi connectivity index (χ2n) is 3.54. The van der Waals surface area contributed by atoms with Gasteiger partial charge in [0.1, 0.15) is 0 Å². The fraction of sp³-hybridized carbons (Fsp3) is 0.700. The topological polar surface area (TPSA) is 29.9 Å². The van der Waals surface area contributed by atoms with Gasteiger partial charge >= 0.3 is 0 Å². The lowest BCUT2D eigenvalue weighted by molar-refractivity contribution is 0.537. The van der Waals surface area contributed by atoms with Crippen molar-refractivity contribution in [1.82, 2.24) is 15.1 Å². The van der Waals surface area contributed by atoms with Crippen LogP contribution < -0.4 is 5.32 Å². The second-order valence-corrected chi connectivity index (χ2v) is 4.75. The van der Waals surface area contributed by atoms with Crippen LogP contribution in [-0.4, -0.2) is 22.1 Å². The molecule has 1 N–H and O–H groups in total. The van der Waals surface area contributed by atoms with Crippen molar-refractivity contribution in [3.63, 3.8) is 0 Å². The molecule has 1 atom stereocenters. The molecule has 14 heavy (non-hydrogen) atoms. The summed E-state index contributed by atoms with van der Waals surface area (Å²) in [7, 11) is 0. The van der Waals surface area contributed by atoms with Crippen LogP contribution in [0.4, 0.5) is 0 Å². The number of hydrogen-bond acceptors (Lipinski definition) is 3. The van der Waals surface area contributed by atoms with E-state index in [0.717, 1.165) is 19.5 Å². The largest absolute Gasteiger partial charge is 0.300 e. The summed E-state index contributed by atoms with van der Waals surface area (Å²) < 4.78 is 2.12. The molecular formula is C10H17N3S. The average molecular weight is 211 g/mol. The molecular weight excluding hydrogens is 194 g/mol. The molecule has 1 aliphatic rings. The summed E-state index contributed by atoms with van der Waals surface area (Å²) in [4.78, 5) is 0. The number of hydrogen-bond donors (Lipinski definition) is 1. The van der Waals surface area contributed by atoms with Crippen LogP contribution in [0.25, 0.3) is 0 Å². The molecule has 0 aromatic carbocycles. The molecule has 0 spiro atoms. The van der Waals surface area contributed by atoms with Crippen molar-refractivity contribution in [2.75, 3.05) is 12.3 Å². The predicted octanol–water partition coefficient (Wildman–Crippen LogP) is 2.02. The van der Waals surface area contributed by atoms with Crippen molar-refractivity contribution in [2.45, 2.75) is 31.7 Å². The summed E-state index contributed by atoms with van der Waals surface area (Å²) in [6.07, 6.45) is 4.33. The molecule has 0 amide bonds. The van der Waals surface area contributed by atoms with E-state index in [-0.39, 0.29) is 0 Å². The molecule has 1 unspecified atom stereocenters. The van der Waals surface area contributed by atoms with E-state index in [9.17, 15) is 0 Å². The number of thioether (sulfide) groups is 1. The standard InChI is InChI=1S/C10H17N3S/c1-2-7-13-9(4-6-12-13)10-11-5-3-8-14-10/h4,6,10-11H,2-3,5,7-8H2,1H3. The molecule has 1 aromatic heterocycles. The zero-order chi connectivity index (χ0) is 9.80. The Balaban J connectivity index is 2.09. The summed E-state index contributed by atoms with van der Waals surface area (Å²) in [6.45, 7) is 4.35. The van der Waals surface area contributed by atoms with Crippen LogP contribution in [0.2, 0.25) is 0 Å². The molecule has 2 heterocycles. The third-order valence-corrected chi connectivity index (χ3v) is 3.65. The molecule has 1 aromatic rings. The third-order valence-electron chi connectivity index (χ3n) is 2.39. The number of nitrogens with zero attached hydrogens (tertiary/aromatic N) is 2. The van der Waals surface area contributed by atoms with Crippen molar-refractivity contribution in [1.29, 1.82) is 0 Å². The number of nitrogens with one attached hydrogen (secondary N) is 1. The van der Waals surface area contributed by atoms with E-state index in [4.69, 9.17) is 0 Å². The van der Waals surface area contributed by atoms with Crippen molar-refractivity contribution in [3.8, 4) is 0 Å². The number of aryl methyl sites for hydroxylation is 1. The summed E-state index contributed by atoms with van der Waals surface area (Å²) >= 11 is 1.99. The minimum atomic E-state index is 0.456. The average Bonchev–Trinajstić information content (AvgIpc) is 2.68. The lowest BCUT2D eigenvalue weighted by Crippen LogP contribution is -2.27. The maximum absolute atomic E-state index is 4.34. The lowest BCUT2D eigenvalue weighted by Gasteiger charge is -2.23. The van der Waals surface area contributed by atoms with Gasteiger partial charge in [0.25, 0.3) is 0 Å². The number of aromatic nitrogens is 2. The maximum atomic E-state index is 4.34. The van der Waals surface area contributed by atoms with E-state index >= 15 is 0 Å². The van der Waals surface area contributed by atoms with E-state index < -0.39 is 0 Å². The second kappa shape index (κ2) is 4.84. The Bertz CT molecular complexity index is 279. The van der Waals surface area contributed by atoms with Gasteiger partial charge in [-0.2, -0.15) is 5.10 Å². The zero-order valence-corrected chi connectivity index (χ0v) is 9.39. The van der Waals surface area contributed by atoms with Crippen LogP contribution in [0.1, 0.15) is 30.8 Å². The Morgan fingerprint density at radius 3 is 3.36 bits per heavy atom. The van der Waals surface area contributed by atoms with Crippen molar-refractivity contribution < 1.29 is 0 Å². The van der Waals surface area contributed by atoms with Gasteiger partial charge in [-0.25, -0.2) is 0 Å². The first-order chi connectivity index (χ1) is 6.92. The Morgan fingerprint density at radius 1 is 1.71 bits per heavy atom. The molecule has 0 aliphatic carbocycles. The predicted molar refractivity (Wildman–Crippen MR) is 60.3 cm³/mol. The Hall–Kier alpha value is -0.480. The SMILES string of the molecule is CCCn1nccc1C1NCCCS1. The van der Waals surface area contributed by atoms with Crippen LogP contribution in [0.15, 0.2) is 12.3 Å². The van der Waals surface area contributed by atoms with E-state index in [1.54, 1.807) is 0 Å². The highest BCUT2D eigenvalue weighted by atomic mass is 32.2. The molecule has 3 nitrogen and oxygen atoms in total. The minimum Gasteiger partial charge on any atom is -0.300 e. The van der Waals surface area contributed by atoms with E-state index in [1.165, 1.54) is 17.9 Å². The van der Waals surface area contributed by atoms with Gasteiger partial charge in [-0.3, -0.25) is 4.68 Å². The summed E-state index contributed by atoms with van der Waals surface area (Å²) in [5.74, 6) is 1.26. The van der Waals surface area contributed by atoms with Crippen LogP contribution in [0, 0.1) is 0 Å². The minimum absolute atomic E-state index is 0.456. The quantitative estimate of drug-likeness (QED) is 0.829. The Morgan fingerprint density at radius 2 is 2.64 bits per heavy atom. The third kappa shape index (κ3) is 2.12. The van der Waals surface area contributed by atoms with Gasteiger partial charge in [-0.05, 0) is 31.2 Å². The maximum Gasteiger partial charge on any atom is 0.0958 e. The highest BCUT2D eigenvalue weighted by Gasteiger charge is 2.18. The van der Waals surface area contributed by atoms with Gasteiger partial charge < -0.3 is 5.32 Å². The monoisotopic (exact) mass is 211 g/mol. The molecule has 78 valence electrons. The molecule has 0 bridgehead atoms.